The van der Waals surface area contributed by atoms with Crippen LogP contribution in [0, 0.1) is 0 Å². The van der Waals surface area contributed by atoms with Crippen molar-refractivity contribution in [2.45, 2.75) is 18.6 Å². The van der Waals surface area contributed by atoms with Gasteiger partial charge in [-0.15, -0.1) is 0 Å². The molecular weight excluding hydrogens is 236 g/mol. The molecule has 0 radical (unpaired) electrons. The number of aliphatic hydroxyl groups is 1. The van der Waals surface area contributed by atoms with Crippen molar-refractivity contribution in [3.05, 3.63) is 23.9 Å². The summed E-state index contributed by atoms with van der Waals surface area (Å²) in [6.45, 7) is 0.800. The van der Waals surface area contributed by atoms with Crippen LogP contribution in [0.3, 0.4) is 0 Å². The van der Waals surface area contributed by atoms with Gasteiger partial charge in [-0.3, -0.25) is 4.79 Å². The Balaban J connectivity index is 1.97. The molecule has 1 fully saturated rings. The number of rotatable bonds is 3. The highest BCUT2D eigenvalue weighted by Gasteiger charge is 2.25. The predicted octanol–water partition coefficient (Wildman–Crippen LogP) is -0.0302. The van der Waals surface area contributed by atoms with Crippen molar-refractivity contribution < 1.29 is 19.4 Å². The van der Waals surface area contributed by atoms with Crippen LogP contribution in [0.2, 0.25) is 0 Å². The van der Waals surface area contributed by atoms with Crippen LogP contribution in [0.4, 0.5) is 0 Å². The van der Waals surface area contributed by atoms with Gasteiger partial charge in [-0.25, -0.2) is 4.98 Å². The van der Waals surface area contributed by atoms with Crippen LogP contribution in [0.5, 0.6) is 5.88 Å². The van der Waals surface area contributed by atoms with Crippen molar-refractivity contribution in [2.24, 2.45) is 0 Å². The molecule has 1 amide bonds. The molecule has 18 heavy (non-hydrogen) atoms. The maximum absolute atomic E-state index is 11.9. The first-order chi connectivity index (χ1) is 8.70. The molecule has 98 valence electrons. The van der Waals surface area contributed by atoms with Gasteiger partial charge in [0.05, 0.1) is 31.4 Å². The summed E-state index contributed by atoms with van der Waals surface area (Å²) in [5.74, 6) is 0.203. The van der Waals surface area contributed by atoms with Gasteiger partial charge >= 0.3 is 0 Å². The number of hydrogen-bond donors (Lipinski definition) is 2. The maximum atomic E-state index is 11.9. The minimum atomic E-state index is -0.658. The number of ether oxygens (including phenoxy) is 2. The van der Waals surface area contributed by atoms with Crippen molar-refractivity contribution >= 4 is 5.91 Å². The molecule has 0 bridgehead atoms. The van der Waals surface area contributed by atoms with Crippen molar-refractivity contribution in [3.8, 4) is 5.88 Å². The van der Waals surface area contributed by atoms with Crippen LogP contribution in [0.1, 0.15) is 16.8 Å². The summed E-state index contributed by atoms with van der Waals surface area (Å²) in [6.07, 6.45) is 1.39. The van der Waals surface area contributed by atoms with Crippen LogP contribution in [0.15, 0.2) is 18.3 Å². The van der Waals surface area contributed by atoms with Crippen molar-refractivity contribution in [3.63, 3.8) is 0 Å². The maximum Gasteiger partial charge on any atom is 0.253 e. The average Bonchev–Trinajstić information content (AvgIpc) is 2.41. The van der Waals surface area contributed by atoms with E-state index in [0.717, 1.165) is 0 Å². The van der Waals surface area contributed by atoms with E-state index < -0.39 is 6.10 Å². The second-order valence-corrected chi connectivity index (χ2v) is 4.10. The van der Waals surface area contributed by atoms with E-state index in [4.69, 9.17) is 9.47 Å². The molecule has 0 aliphatic carbocycles. The molecule has 1 saturated heterocycles. The van der Waals surface area contributed by atoms with Gasteiger partial charge < -0.3 is 19.9 Å². The third-order valence-corrected chi connectivity index (χ3v) is 2.85. The fourth-order valence-corrected chi connectivity index (χ4v) is 1.78. The second kappa shape index (κ2) is 5.79. The third-order valence-electron chi connectivity index (χ3n) is 2.85. The molecule has 0 saturated carbocycles. The number of aromatic nitrogens is 1. The van der Waals surface area contributed by atoms with E-state index in [1.165, 1.54) is 13.3 Å². The highest BCUT2D eigenvalue weighted by atomic mass is 16.5. The molecule has 1 aromatic heterocycles. The van der Waals surface area contributed by atoms with E-state index in [9.17, 15) is 9.90 Å². The summed E-state index contributed by atoms with van der Waals surface area (Å²) in [5.41, 5.74) is 0.439. The smallest absolute Gasteiger partial charge is 0.253 e. The first kappa shape index (κ1) is 12.8. The number of nitrogens with one attached hydrogen (secondary N) is 1. The summed E-state index contributed by atoms with van der Waals surface area (Å²) in [5, 5.41) is 12.4. The molecule has 6 nitrogen and oxygen atoms in total. The molecule has 1 aliphatic rings. The molecule has 1 aromatic rings. The lowest BCUT2D eigenvalue weighted by molar-refractivity contribution is -0.0260. The molecule has 0 unspecified atom stereocenters. The summed E-state index contributed by atoms with van der Waals surface area (Å²) >= 11 is 0. The number of amides is 1. The molecular formula is C12H16N2O4. The lowest BCUT2D eigenvalue weighted by atomic mass is 10.1. The standard InChI is InChI=1S/C12H16N2O4/c1-17-11-3-2-8(6-13-11)12(16)14-9-4-5-18-7-10(9)15/h2-3,6,9-10,15H,4-5,7H2,1H3,(H,14,16)/t9-,10-/m1/s1. The number of carbonyl (C=O) groups excluding carboxylic acids is 1. The van der Waals surface area contributed by atoms with E-state index in [2.05, 4.69) is 10.3 Å². The number of carbonyl (C=O) groups is 1. The third kappa shape index (κ3) is 2.96. The first-order valence-electron chi connectivity index (χ1n) is 5.77. The van der Waals surface area contributed by atoms with Gasteiger partial charge in [0.15, 0.2) is 0 Å². The summed E-state index contributed by atoms with van der Waals surface area (Å²) < 4.78 is 10.0. The van der Waals surface area contributed by atoms with Crippen LogP contribution in [-0.4, -0.2) is 48.5 Å². The summed E-state index contributed by atoms with van der Waals surface area (Å²) in [4.78, 5) is 15.9. The zero-order valence-corrected chi connectivity index (χ0v) is 10.1. The number of hydrogen-bond acceptors (Lipinski definition) is 5. The average molecular weight is 252 g/mol. The lowest BCUT2D eigenvalue weighted by Crippen LogP contribution is -2.48. The Morgan fingerprint density at radius 2 is 2.44 bits per heavy atom. The molecule has 2 atom stereocenters. The monoisotopic (exact) mass is 252 g/mol. The Hall–Kier alpha value is -1.66. The topological polar surface area (TPSA) is 80.7 Å². The predicted molar refractivity (Wildman–Crippen MR) is 63.5 cm³/mol. The molecule has 0 spiro atoms. The van der Waals surface area contributed by atoms with E-state index in [1.54, 1.807) is 12.1 Å². The Kier molecular flexibility index (Phi) is 4.11. The minimum Gasteiger partial charge on any atom is -0.481 e. The van der Waals surface area contributed by atoms with Crippen LogP contribution in [0.25, 0.3) is 0 Å². The minimum absolute atomic E-state index is 0.254. The van der Waals surface area contributed by atoms with Crippen LogP contribution >= 0.6 is 0 Å². The Labute approximate surface area is 105 Å². The number of methoxy groups -OCH3 is 1. The Bertz CT molecular complexity index is 407. The van der Waals surface area contributed by atoms with Crippen molar-refractivity contribution in [1.29, 1.82) is 0 Å². The second-order valence-electron chi connectivity index (χ2n) is 4.10. The lowest BCUT2D eigenvalue weighted by Gasteiger charge is -2.28. The first-order valence-corrected chi connectivity index (χ1v) is 5.77. The van der Waals surface area contributed by atoms with Gasteiger partial charge in [-0.1, -0.05) is 0 Å². The van der Waals surface area contributed by atoms with E-state index >= 15 is 0 Å². The van der Waals surface area contributed by atoms with E-state index in [0.29, 0.717) is 24.5 Å². The van der Waals surface area contributed by atoms with Crippen molar-refractivity contribution in [1.82, 2.24) is 10.3 Å². The number of pyridine rings is 1. The van der Waals surface area contributed by atoms with E-state index in [-0.39, 0.29) is 18.6 Å². The van der Waals surface area contributed by atoms with Gasteiger partial charge in [0.25, 0.3) is 5.91 Å². The van der Waals surface area contributed by atoms with Gasteiger partial charge in [0.2, 0.25) is 5.88 Å². The number of aliphatic hydroxyl groups excluding tert-OH is 1. The normalized spacial score (nSPS) is 23.4. The van der Waals surface area contributed by atoms with Crippen LogP contribution in [-0.2, 0) is 4.74 Å². The molecule has 1 aliphatic heterocycles. The van der Waals surface area contributed by atoms with Gasteiger partial charge in [-0.05, 0) is 12.5 Å². The largest absolute Gasteiger partial charge is 0.481 e. The zero-order valence-electron chi connectivity index (χ0n) is 10.1. The van der Waals surface area contributed by atoms with Crippen LogP contribution < -0.4 is 10.1 Å². The quantitative estimate of drug-likeness (QED) is 0.789. The Morgan fingerprint density at radius 1 is 1.61 bits per heavy atom. The van der Waals surface area contributed by atoms with Gasteiger partial charge in [0.1, 0.15) is 0 Å². The molecule has 2 N–H and O–H groups in total. The fraction of sp³-hybridized carbons (Fsp3) is 0.500. The highest BCUT2D eigenvalue weighted by Crippen LogP contribution is 2.10. The zero-order chi connectivity index (χ0) is 13.0. The molecule has 2 heterocycles. The van der Waals surface area contributed by atoms with Gasteiger partial charge in [0, 0.05) is 18.9 Å². The fourth-order valence-electron chi connectivity index (χ4n) is 1.78. The molecule has 6 heteroatoms. The molecule has 0 aromatic carbocycles. The Morgan fingerprint density at radius 3 is 3.06 bits per heavy atom. The van der Waals surface area contributed by atoms with Crippen molar-refractivity contribution in [2.75, 3.05) is 20.3 Å². The highest BCUT2D eigenvalue weighted by molar-refractivity contribution is 5.94. The van der Waals surface area contributed by atoms with E-state index in [1.807, 2.05) is 0 Å². The summed E-state index contributed by atoms with van der Waals surface area (Å²) in [7, 11) is 1.51. The summed E-state index contributed by atoms with van der Waals surface area (Å²) in [6, 6.07) is 2.98. The van der Waals surface area contributed by atoms with Gasteiger partial charge in [-0.2, -0.15) is 0 Å². The SMILES string of the molecule is COc1ccc(C(=O)N[C@@H]2CCOC[C@H]2O)cn1. The molecule has 2 rings (SSSR count). The number of nitrogens with zero attached hydrogens (tertiary/aromatic N) is 1.